The summed E-state index contributed by atoms with van der Waals surface area (Å²) in [6.45, 7) is 5.98. The number of hydrogen-bond acceptors (Lipinski definition) is 4. The SMILES string of the molecule is Cc1ccccc1S(=O)(=O)N1CCNCCNCC1. The number of nitrogens with one attached hydrogen (secondary N) is 2. The van der Waals surface area contributed by atoms with Crippen LogP contribution in [-0.4, -0.2) is 52.0 Å². The highest BCUT2D eigenvalue weighted by molar-refractivity contribution is 7.89. The minimum Gasteiger partial charge on any atom is -0.314 e. The van der Waals surface area contributed by atoms with Gasteiger partial charge in [0, 0.05) is 39.3 Å². The first-order valence-electron chi connectivity index (χ1n) is 6.59. The van der Waals surface area contributed by atoms with Crippen LogP contribution in [0.15, 0.2) is 29.2 Å². The molecular weight excluding hydrogens is 262 g/mol. The Balaban J connectivity index is 2.24. The number of benzene rings is 1. The third-order valence-corrected chi connectivity index (χ3v) is 5.32. The van der Waals surface area contributed by atoms with Crippen molar-refractivity contribution in [1.29, 1.82) is 0 Å². The highest BCUT2D eigenvalue weighted by atomic mass is 32.2. The van der Waals surface area contributed by atoms with E-state index in [0.717, 1.165) is 18.7 Å². The van der Waals surface area contributed by atoms with Gasteiger partial charge in [0.25, 0.3) is 0 Å². The zero-order valence-electron chi connectivity index (χ0n) is 11.2. The fourth-order valence-corrected chi connectivity index (χ4v) is 3.84. The molecule has 2 N–H and O–H groups in total. The third kappa shape index (κ3) is 3.54. The summed E-state index contributed by atoms with van der Waals surface area (Å²) < 4.78 is 26.9. The van der Waals surface area contributed by atoms with Crippen molar-refractivity contribution in [3.05, 3.63) is 29.8 Å². The predicted molar refractivity (Wildman–Crippen MR) is 75.7 cm³/mol. The van der Waals surface area contributed by atoms with E-state index in [4.69, 9.17) is 0 Å². The molecule has 19 heavy (non-hydrogen) atoms. The van der Waals surface area contributed by atoms with E-state index >= 15 is 0 Å². The standard InChI is InChI=1S/C13H21N3O2S/c1-12-4-2-3-5-13(12)19(17,18)16-10-8-14-6-7-15-9-11-16/h2-5,14-15H,6-11H2,1H3. The lowest BCUT2D eigenvalue weighted by Crippen LogP contribution is -2.39. The molecule has 0 radical (unpaired) electrons. The van der Waals surface area contributed by atoms with Gasteiger partial charge in [-0.1, -0.05) is 18.2 Å². The van der Waals surface area contributed by atoms with Crippen LogP contribution in [-0.2, 0) is 10.0 Å². The second-order valence-electron chi connectivity index (χ2n) is 4.67. The monoisotopic (exact) mass is 283 g/mol. The highest BCUT2D eigenvalue weighted by Crippen LogP contribution is 2.19. The fourth-order valence-electron chi connectivity index (χ4n) is 2.17. The maximum absolute atomic E-state index is 12.7. The molecule has 1 aromatic rings. The summed E-state index contributed by atoms with van der Waals surface area (Å²) in [5.74, 6) is 0. The molecule has 0 atom stereocenters. The molecule has 1 saturated heterocycles. The number of sulfonamides is 1. The van der Waals surface area contributed by atoms with Crippen molar-refractivity contribution in [3.63, 3.8) is 0 Å². The fraction of sp³-hybridized carbons (Fsp3) is 0.538. The van der Waals surface area contributed by atoms with E-state index < -0.39 is 10.0 Å². The van der Waals surface area contributed by atoms with Crippen LogP contribution in [0.5, 0.6) is 0 Å². The lowest BCUT2D eigenvalue weighted by molar-refractivity contribution is 0.414. The van der Waals surface area contributed by atoms with Gasteiger partial charge in [0.05, 0.1) is 4.90 Å². The van der Waals surface area contributed by atoms with E-state index in [2.05, 4.69) is 10.6 Å². The van der Waals surface area contributed by atoms with Crippen LogP contribution in [0.2, 0.25) is 0 Å². The third-order valence-electron chi connectivity index (χ3n) is 3.27. The van der Waals surface area contributed by atoms with Crippen molar-refractivity contribution in [1.82, 2.24) is 14.9 Å². The summed E-state index contributed by atoms with van der Waals surface area (Å²) in [4.78, 5) is 0.411. The Kier molecular flexibility index (Phi) is 4.93. The first-order chi connectivity index (χ1) is 9.12. The van der Waals surface area contributed by atoms with Crippen molar-refractivity contribution in [2.75, 3.05) is 39.3 Å². The molecule has 0 amide bonds. The molecule has 1 aromatic carbocycles. The van der Waals surface area contributed by atoms with Crippen LogP contribution >= 0.6 is 0 Å². The number of nitrogens with zero attached hydrogens (tertiary/aromatic N) is 1. The van der Waals surface area contributed by atoms with E-state index in [9.17, 15) is 8.42 Å². The molecular formula is C13H21N3O2S. The summed E-state index contributed by atoms with van der Waals surface area (Å²) in [5.41, 5.74) is 0.795. The first kappa shape index (κ1) is 14.5. The normalized spacial score (nSPS) is 19.4. The smallest absolute Gasteiger partial charge is 0.243 e. The van der Waals surface area contributed by atoms with Crippen LogP contribution in [0.4, 0.5) is 0 Å². The Morgan fingerprint density at radius 2 is 1.58 bits per heavy atom. The van der Waals surface area contributed by atoms with Gasteiger partial charge in [-0.2, -0.15) is 4.31 Å². The first-order valence-corrected chi connectivity index (χ1v) is 8.03. The maximum Gasteiger partial charge on any atom is 0.243 e. The molecule has 0 spiro atoms. The van der Waals surface area contributed by atoms with Gasteiger partial charge >= 0.3 is 0 Å². The molecule has 1 aliphatic rings. The molecule has 6 heteroatoms. The summed E-state index contributed by atoms with van der Waals surface area (Å²) in [7, 11) is -3.40. The summed E-state index contributed by atoms with van der Waals surface area (Å²) in [6, 6.07) is 7.14. The molecule has 1 fully saturated rings. The molecule has 1 heterocycles. The largest absolute Gasteiger partial charge is 0.314 e. The quantitative estimate of drug-likeness (QED) is 0.813. The van der Waals surface area contributed by atoms with Crippen LogP contribution < -0.4 is 10.6 Å². The molecule has 0 aliphatic carbocycles. The van der Waals surface area contributed by atoms with Crippen LogP contribution in [0.3, 0.4) is 0 Å². The Hall–Kier alpha value is -0.950. The summed E-state index contributed by atoms with van der Waals surface area (Å²) in [5, 5.41) is 6.45. The molecule has 0 aromatic heterocycles. The molecule has 1 aliphatic heterocycles. The molecule has 0 unspecified atom stereocenters. The van der Waals surface area contributed by atoms with Crippen molar-refractivity contribution in [2.24, 2.45) is 0 Å². The number of aryl methyl sites for hydroxylation is 1. The van der Waals surface area contributed by atoms with Crippen LogP contribution in [0.1, 0.15) is 5.56 Å². The van der Waals surface area contributed by atoms with Crippen molar-refractivity contribution in [2.45, 2.75) is 11.8 Å². The Bertz CT molecular complexity index is 506. The predicted octanol–water partition coefficient (Wildman–Crippen LogP) is 0.179. The molecule has 5 nitrogen and oxygen atoms in total. The topological polar surface area (TPSA) is 61.4 Å². The minimum atomic E-state index is -3.40. The highest BCUT2D eigenvalue weighted by Gasteiger charge is 2.25. The lowest BCUT2D eigenvalue weighted by Gasteiger charge is -2.22. The van der Waals surface area contributed by atoms with Crippen molar-refractivity contribution < 1.29 is 8.42 Å². The molecule has 0 bridgehead atoms. The lowest BCUT2D eigenvalue weighted by atomic mass is 10.2. The molecule has 2 rings (SSSR count). The van der Waals surface area contributed by atoms with Gasteiger partial charge in [-0.15, -0.1) is 0 Å². The van der Waals surface area contributed by atoms with E-state index in [1.165, 1.54) is 0 Å². The Labute approximate surface area is 115 Å². The van der Waals surface area contributed by atoms with E-state index in [-0.39, 0.29) is 0 Å². The second-order valence-corrected chi connectivity index (χ2v) is 6.58. The van der Waals surface area contributed by atoms with Gasteiger partial charge in [-0.25, -0.2) is 8.42 Å². The Morgan fingerprint density at radius 3 is 2.16 bits per heavy atom. The van der Waals surface area contributed by atoms with E-state index in [1.54, 1.807) is 16.4 Å². The number of rotatable bonds is 2. The van der Waals surface area contributed by atoms with Gasteiger partial charge in [0.2, 0.25) is 10.0 Å². The minimum absolute atomic E-state index is 0.411. The second kappa shape index (κ2) is 6.47. The van der Waals surface area contributed by atoms with Crippen LogP contribution in [0.25, 0.3) is 0 Å². The maximum atomic E-state index is 12.7. The zero-order valence-corrected chi connectivity index (χ0v) is 12.0. The summed E-state index contributed by atoms with van der Waals surface area (Å²) in [6.07, 6.45) is 0. The Morgan fingerprint density at radius 1 is 1.00 bits per heavy atom. The van der Waals surface area contributed by atoms with Gasteiger partial charge in [-0.3, -0.25) is 0 Å². The zero-order chi connectivity index (χ0) is 13.7. The molecule has 0 saturated carbocycles. The average Bonchev–Trinajstić information content (AvgIpc) is 2.52. The summed E-state index contributed by atoms with van der Waals surface area (Å²) >= 11 is 0. The van der Waals surface area contributed by atoms with Gasteiger partial charge in [-0.05, 0) is 18.6 Å². The van der Waals surface area contributed by atoms with Crippen molar-refractivity contribution in [3.8, 4) is 0 Å². The van der Waals surface area contributed by atoms with Gasteiger partial charge < -0.3 is 10.6 Å². The van der Waals surface area contributed by atoms with Gasteiger partial charge in [0.15, 0.2) is 0 Å². The average molecular weight is 283 g/mol. The van der Waals surface area contributed by atoms with E-state index in [1.807, 2.05) is 19.1 Å². The van der Waals surface area contributed by atoms with Gasteiger partial charge in [0.1, 0.15) is 0 Å². The molecule has 106 valence electrons. The van der Waals surface area contributed by atoms with Crippen LogP contribution in [0, 0.1) is 6.92 Å². The van der Waals surface area contributed by atoms with E-state index in [0.29, 0.717) is 31.1 Å². The number of hydrogen-bond donors (Lipinski definition) is 2. The van der Waals surface area contributed by atoms with Crippen molar-refractivity contribution >= 4 is 10.0 Å².